The monoisotopic (exact) mass is 503 g/mol. The summed E-state index contributed by atoms with van der Waals surface area (Å²) in [7, 11) is -0.728. The minimum atomic E-state index is -0.728. The van der Waals surface area contributed by atoms with Crippen molar-refractivity contribution in [2.45, 2.75) is 70.8 Å². The van der Waals surface area contributed by atoms with Gasteiger partial charge in [0, 0.05) is 41.0 Å². The normalized spacial score (nSPS) is 23.2. The molecule has 1 rings (SSSR count). The van der Waals surface area contributed by atoms with E-state index >= 15 is 0 Å². The Bertz CT molecular complexity index is 424. The van der Waals surface area contributed by atoms with Crippen molar-refractivity contribution in [3.63, 3.8) is 0 Å². The highest BCUT2D eigenvalue weighted by Crippen LogP contribution is 2.22. The second-order valence-electron chi connectivity index (χ2n) is 7.10. The lowest BCUT2D eigenvalue weighted by atomic mass is 9.95. The minimum absolute atomic E-state index is 0. The average Bonchev–Trinajstić information content (AvgIpc) is 2.59. The summed E-state index contributed by atoms with van der Waals surface area (Å²) < 4.78 is 17.5. The lowest BCUT2D eigenvalue weighted by molar-refractivity contribution is 0.0301. The Morgan fingerprint density at radius 1 is 1.31 bits per heavy atom. The molecular formula is C18H38IN3O3S. The van der Waals surface area contributed by atoms with Gasteiger partial charge in [-0.05, 0) is 32.1 Å². The Morgan fingerprint density at radius 3 is 2.65 bits per heavy atom. The number of guanidine groups is 1. The summed E-state index contributed by atoms with van der Waals surface area (Å²) in [6.45, 7) is 10.2. The van der Waals surface area contributed by atoms with Crippen LogP contribution in [0.3, 0.4) is 0 Å². The molecule has 0 radical (unpaired) electrons. The summed E-state index contributed by atoms with van der Waals surface area (Å²) in [6.07, 6.45) is 3.55. The highest BCUT2D eigenvalue weighted by atomic mass is 127. The molecule has 6 nitrogen and oxygen atoms in total. The quantitative estimate of drug-likeness (QED) is 0.242. The Hall–Kier alpha value is 0.0700. The van der Waals surface area contributed by atoms with E-state index in [2.05, 4.69) is 29.5 Å². The van der Waals surface area contributed by atoms with Gasteiger partial charge in [0.05, 0.1) is 19.3 Å². The number of rotatable bonds is 10. The maximum atomic E-state index is 12.1. The van der Waals surface area contributed by atoms with E-state index in [4.69, 9.17) is 4.74 Å². The SMILES string of the molecule is CCNC(=NCC(O)COCC(C)C)NC1CCCC(S(=O)CC)C1.I. The summed E-state index contributed by atoms with van der Waals surface area (Å²) in [5.41, 5.74) is 0. The number of aliphatic hydroxyl groups excluding tert-OH is 1. The van der Waals surface area contributed by atoms with Crippen molar-refractivity contribution in [1.82, 2.24) is 10.6 Å². The highest BCUT2D eigenvalue weighted by molar-refractivity contribution is 14.0. The predicted molar refractivity (Wildman–Crippen MR) is 121 cm³/mol. The van der Waals surface area contributed by atoms with E-state index in [0.717, 1.165) is 43.9 Å². The molecule has 0 aromatic rings. The number of aliphatic hydroxyl groups is 1. The maximum absolute atomic E-state index is 12.1. The van der Waals surface area contributed by atoms with Gasteiger partial charge in [-0.1, -0.05) is 27.2 Å². The predicted octanol–water partition coefficient (Wildman–Crippen LogP) is 2.27. The van der Waals surface area contributed by atoms with E-state index in [0.29, 0.717) is 31.7 Å². The van der Waals surface area contributed by atoms with Gasteiger partial charge < -0.3 is 20.5 Å². The van der Waals surface area contributed by atoms with Gasteiger partial charge in [-0.2, -0.15) is 0 Å². The number of nitrogens with zero attached hydrogens (tertiary/aromatic N) is 1. The van der Waals surface area contributed by atoms with Crippen LogP contribution in [0.1, 0.15) is 53.4 Å². The van der Waals surface area contributed by atoms with Crippen LogP contribution in [0.2, 0.25) is 0 Å². The third kappa shape index (κ3) is 11.0. The summed E-state index contributed by atoms with van der Waals surface area (Å²) in [6, 6.07) is 0.293. The second-order valence-corrected chi connectivity index (χ2v) is 9.11. The number of halogens is 1. The van der Waals surface area contributed by atoms with Crippen molar-refractivity contribution in [3.05, 3.63) is 0 Å². The molecule has 1 aliphatic carbocycles. The van der Waals surface area contributed by atoms with Crippen molar-refractivity contribution in [2.24, 2.45) is 10.9 Å². The van der Waals surface area contributed by atoms with Gasteiger partial charge in [-0.15, -0.1) is 24.0 Å². The minimum Gasteiger partial charge on any atom is -0.389 e. The Balaban J connectivity index is 0.00000625. The molecule has 0 spiro atoms. The van der Waals surface area contributed by atoms with Crippen LogP contribution in [0.25, 0.3) is 0 Å². The van der Waals surface area contributed by atoms with Crippen LogP contribution in [0.5, 0.6) is 0 Å². The average molecular weight is 503 g/mol. The van der Waals surface area contributed by atoms with Gasteiger partial charge in [-0.25, -0.2) is 0 Å². The highest BCUT2D eigenvalue weighted by Gasteiger charge is 2.26. The molecule has 1 aliphatic rings. The van der Waals surface area contributed by atoms with Crippen LogP contribution in [0.4, 0.5) is 0 Å². The molecule has 4 atom stereocenters. The molecule has 0 aromatic heterocycles. The molecule has 8 heteroatoms. The van der Waals surface area contributed by atoms with E-state index in [-0.39, 0.29) is 29.2 Å². The first kappa shape index (κ1) is 26.1. The van der Waals surface area contributed by atoms with Crippen molar-refractivity contribution < 1.29 is 14.1 Å². The van der Waals surface area contributed by atoms with Gasteiger partial charge in [0.2, 0.25) is 0 Å². The number of hydrogen-bond donors (Lipinski definition) is 3. The molecular weight excluding hydrogens is 465 g/mol. The third-order valence-corrected chi connectivity index (χ3v) is 5.93. The molecule has 0 amide bonds. The lowest BCUT2D eigenvalue weighted by Crippen LogP contribution is -2.47. The Morgan fingerprint density at radius 2 is 2.04 bits per heavy atom. The number of ether oxygens (including phenoxy) is 1. The fourth-order valence-electron chi connectivity index (χ4n) is 2.95. The smallest absolute Gasteiger partial charge is 0.191 e. The molecule has 0 heterocycles. The molecule has 0 aliphatic heterocycles. The fraction of sp³-hybridized carbons (Fsp3) is 0.944. The van der Waals surface area contributed by atoms with Gasteiger partial charge in [-0.3, -0.25) is 9.20 Å². The molecule has 0 bridgehead atoms. The van der Waals surface area contributed by atoms with Crippen molar-refractivity contribution in [2.75, 3.05) is 32.1 Å². The number of nitrogens with one attached hydrogen (secondary N) is 2. The van der Waals surface area contributed by atoms with E-state index in [1.165, 1.54) is 0 Å². The van der Waals surface area contributed by atoms with E-state index in [1.807, 2.05) is 13.8 Å². The van der Waals surface area contributed by atoms with Crippen LogP contribution in [0.15, 0.2) is 4.99 Å². The summed E-state index contributed by atoms with van der Waals surface area (Å²) in [5.74, 6) is 1.91. The van der Waals surface area contributed by atoms with Crippen molar-refractivity contribution in [3.8, 4) is 0 Å². The van der Waals surface area contributed by atoms with Gasteiger partial charge in [0.15, 0.2) is 5.96 Å². The zero-order chi connectivity index (χ0) is 18.7. The van der Waals surface area contributed by atoms with Crippen LogP contribution in [0, 0.1) is 5.92 Å². The van der Waals surface area contributed by atoms with Crippen LogP contribution in [-0.2, 0) is 15.5 Å². The largest absolute Gasteiger partial charge is 0.389 e. The van der Waals surface area contributed by atoms with Gasteiger partial charge in [0.25, 0.3) is 0 Å². The molecule has 1 saturated carbocycles. The molecule has 4 unspecified atom stereocenters. The van der Waals surface area contributed by atoms with E-state index < -0.39 is 16.9 Å². The van der Waals surface area contributed by atoms with Crippen LogP contribution >= 0.6 is 24.0 Å². The zero-order valence-corrected chi connectivity index (χ0v) is 19.8. The lowest BCUT2D eigenvalue weighted by Gasteiger charge is -2.30. The van der Waals surface area contributed by atoms with E-state index in [9.17, 15) is 9.32 Å². The van der Waals surface area contributed by atoms with E-state index in [1.54, 1.807) is 0 Å². The molecule has 3 N–H and O–H groups in total. The third-order valence-electron chi connectivity index (χ3n) is 4.19. The summed E-state index contributed by atoms with van der Waals surface area (Å²) in [4.78, 5) is 4.48. The first-order valence-corrected chi connectivity index (χ1v) is 11.0. The Labute approximate surface area is 178 Å². The molecule has 1 fully saturated rings. The first-order valence-electron chi connectivity index (χ1n) is 9.64. The topological polar surface area (TPSA) is 83.0 Å². The fourth-order valence-corrected chi connectivity index (χ4v) is 4.30. The van der Waals surface area contributed by atoms with Crippen LogP contribution in [-0.4, -0.2) is 64.7 Å². The standard InChI is InChI=1S/C18H37N3O3S.HI/c1-5-19-18(20-11-16(22)13-24-12-14(3)4)21-15-8-7-9-17(10-15)25(23)6-2;/h14-17,22H,5-13H2,1-4H3,(H2,19,20,21);1H. The first-order chi connectivity index (χ1) is 12.0. The summed E-state index contributed by atoms with van der Waals surface area (Å²) >= 11 is 0. The molecule has 0 aromatic carbocycles. The van der Waals surface area contributed by atoms with Crippen molar-refractivity contribution >= 4 is 40.7 Å². The van der Waals surface area contributed by atoms with Gasteiger partial charge in [0.1, 0.15) is 0 Å². The second kappa shape index (κ2) is 15.0. The Kier molecular flexibility index (Phi) is 15.1. The number of aliphatic imine (C=N–C) groups is 1. The summed E-state index contributed by atoms with van der Waals surface area (Å²) in [5, 5.41) is 17.0. The number of hydrogen-bond acceptors (Lipinski definition) is 4. The van der Waals surface area contributed by atoms with Crippen molar-refractivity contribution in [1.29, 1.82) is 0 Å². The zero-order valence-electron chi connectivity index (χ0n) is 16.7. The van der Waals surface area contributed by atoms with Crippen LogP contribution < -0.4 is 10.6 Å². The molecule has 26 heavy (non-hydrogen) atoms. The molecule has 0 saturated heterocycles. The molecule has 156 valence electrons. The maximum Gasteiger partial charge on any atom is 0.191 e. The van der Waals surface area contributed by atoms with Gasteiger partial charge >= 0.3 is 0 Å².